The van der Waals surface area contributed by atoms with Crippen LogP contribution >= 0.6 is 0 Å². The average molecular weight is 371 g/mol. The van der Waals surface area contributed by atoms with E-state index >= 15 is 0 Å². The van der Waals surface area contributed by atoms with Gasteiger partial charge in [0.1, 0.15) is 11.9 Å². The molecule has 6 heteroatoms. The fourth-order valence-corrected chi connectivity index (χ4v) is 3.94. The van der Waals surface area contributed by atoms with E-state index in [0.29, 0.717) is 12.5 Å². The highest BCUT2D eigenvalue weighted by Gasteiger charge is 2.33. The summed E-state index contributed by atoms with van der Waals surface area (Å²) >= 11 is 0. The van der Waals surface area contributed by atoms with Crippen molar-refractivity contribution in [3.8, 4) is 5.75 Å². The molecule has 2 aliphatic rings. The third-order valence-corrected chi connectivity index (χ3v) is 5.53. The third kappa shape index (κ3) is 4.18. The van der Waals surface area contributed by atoms with Crippen molar-refractivity contribution in [3.63, 3.8) is 0 Å². The van der Waals surface area contributed by atoms with E-state index < -0.39 is 6.10 Å². The van der Waals surface area contributed by atoms with Crippen molar-refractivity contribution in [2.75, 3.05) is 20.8 Å². The van der Waals surface area contributed by atoms with Crippen molar-refractivity contribution >= 4 is 0 Å². The highest BCUT2D eigenvalue weighted by molar-refractivity contribution is 5.37. The molecule has 6 nitrogen and oxygen atoms in total. The lowest BCUT2D eigenvalue weighted by molar-refractivity contribution is 0.148. The summed E-state index contributed by atoms with van der Waals surface area (Å²) in [7, 11) is 3.40. The summed E-state index contributed by atoms with van der Waals surface area (Å²) in [6, 6.07) is 8.43. The molecule has 1 aliphatic carbocycles. The Labute approximate surface area is 160 Å². The van der Waals surface area contributed by atoms with E-state index in [1.165, 1.54) is 11.3 Å². The first-order chi connectivity index (χ1) is 13.2. The van der Waals surface area contributed by atoms with Crippen molar-refractivity contribution in [1.82, 2.24) is 14.7 Å². The van der Waals surface area contributed by atoms with Gasteiger partial charge >= 0.3 is 0 Å². The fourth-order valence-electron chi connectivity index (χ4n) is 3.94. The summed E-state index contributed by atoms with van der Waals surface area (Å²) in [5.74, 6) is 1.28. The minimum Gasteiger partial charge on any atom is -0.496 e. The molecule has 27 heavy (non-hydrogen) atoms. The highest BCUT2D eigenvalue weighted by Crippen LogP contribution is 2.40. The molecule has 0 saturated heterocycles. The Balaban J connectivity index is 1.48. The predicted molar refractivity (Wildman–Crippen MR) is 102 cm³/mol. The number of hydrogen-bond donors (Lipinski definition) is 1. The van der Waals surface area contributed by atoms with Gasteiger partial charge in [-0.1, -0.05) is 6.07 Å². The van der Waals surface area contributed by atoms with E-state index in [4.69, 9.17) is 9.47 Å². The van der Waals surface area contributed by atoms with Gasteiger partial charge in [0.05, 0.1) is 25.1 Å². The van der Waals surface area contributed by atoms with Crippen molar-refractivity contribution in [3.05, 3.63) is 46.8 Å². The van der Waals surface area contributed by atoms with E-state index in [-0.39, 0.29) is 0 Å². The average Bonchev–Trinajstić information content (AvgIpc) is 3.46. The second kappa shape index (κ2) is 8.00. The molecule has 1 aromatic heterocycles. The Morgan fingerprint density at radius 1 is 1.22 bits per heavy atom. The molecule has 1 fully saturated rings. The number of fused-ring (bicyclic) bond motifs is 1. The molecular formula is C21H29N3O3. The van der Waals surface area contributed by atoms with Crippen LogP contribution in [-0.2, 0) is 31.0 Å². The van der Waals surface area contributed by atoms with Crippen LogP contribution in [0.1, 0.15) is 47.9 Å². The van der Waals surface area contributed by atoms with Gasteiger partial charge in [0.25, 0.3) is 0 Å². The molecule has 146 valence electrons. The van der Waals surface area contributed by atoms with Gasteiger partial charge in [-0.25, -0.2) is 0 Å². The largest absolute Gasteiger partial charge is 0.496 e. The molecule has 1 aromatic carbocycles. The molecular weight excluding hydrogens is 342 g/mol. The summed E-state index contributed by atoms with van der Waals surface area (Å²) in [6.45, 7) is 4.24. The first-order valence-corrected chi connectivity index (χ1v) is 9.79. The van der Waals surface area contributed by atoms with Gasteiger partial charge in [-0.05, 0) is 48.9 Å². The number of hydrogen-bond acceptors (Lipinski definition) is 5. The maximum atomic E-state index is 10.4. The topological polar surface area (TPSA) is 59.8 Å². The summed E-state index contributed by atoms with van der Waals surface area (Å²) in [5, 5.41) is 15.1. The number of aromatic nitrogens is 2. The molecule has 0 spiro atoms. The number of benzene rings is 1. The molecule has 1 aliphatic heterocycles. The number of aryl methyl sites for hydroxylation is 1. The number of rotatable bonds is 7. The Bertz CT molecular complexity index is 785. The zero-order valence-corrected chi connectivity index (χ0v) is 16.2. The molecule has 0 radical (unpaired) electrons. The minimum atomic E-state index is -0.393. The van der Waals surface area contributed by atoms with Crippen LogP contribution in [0, 0.1) is 5.92 Å². The Morgan fingerprint density at radius 3 is 2.81 bits per heavy atom. The summed E-state index contributed by atoms with van der Waals surface area (Å²) in [4.78, 5) is 2.45. The van der Waals surface area contributed by atoms with Gasteiger partial charge in [-0.3, -0.25) is 9.58 Å². The lowest BCUT2D eigenvalue weighted by atomic mass is 10.1. The monoisotopic (exact) mass is 371 g/mol. The second-order valence-electron chi connectivity index (χ2n) is 7.71. The summed E-state index contributed by atoms with van der Waals surface area (Å²) in [6.07, 6.45) is 2.92. The maximum Gasteiger partial charge on any atom is 0.124 e. The summed E-state index contributed by atoms with van der Waals surface area (Å²) in [5.41, 5.74) is 4.38. The number of aliphatic hydroxyl groups is 1. The second-order valence-corrected chi connectivity index (χ2v) is 7.71. The quantitative estimate of drug-likeness (QED) is 0.811. The van der Waals surface area contributed by atoms with Gasteiger partial charge in [-0.15, -0.1) is 0 Å². The molecule has 2 aromatic rings. The van der Waals surface area contributed by atoms with Crippen LogP contribution in [0.2, 0.25) is 0 Å². The van der Waals surface area contributed by atoms with Crippen LogP contribution < -0.4 is 4.74 Å². The van der Waals surface area contributed by atoms with Crippen LogP contribution in [0.25, 0.3) is 0 Å². The van der Waals surface area contributed by atoms with Crippen LogP contribution in [0.4, 0.5) is 0 Å². The molecule has 4 rings (SSSR count). The van der Waals surface area contributed by atoms with Crippen molar-refractivity contribution in [1.29, 1.82) is 0 Å². The van der Waals surface area contributed by atoms with Crippen LogP contribution in [0.15, 0.2) is 24.3 Å². The first-order valence-electron chi connectivity index (χ1n) is 9.79. The Hall–Kier alpha value is -1.89. The van der Waals surface area contributed by atoms with Crippen molar-refractivity contribution in [2.24, 2.45) is 5.92 Å². The molecule has 0 amide bonds. The zero-order valence-electron chi connectivity index (χ0n) is 16.2. The molecule has 0 unspecified atom stereocenters. The van der Waals surface area contributed by atoms with E-state index in [1.807, 2.05) is 6.07 Å². The third-order valence-electron chi connectivity index (χ3n) is 5.53. The van der Waals surface area contributed by atoms with Gasteiger partial charge < -0.3 is 14.6 Å². The normalized spacial score (nSPS) is 18.8. The number of aliphatic hydroxyl groups excluding tert-OH is 1. The molecule has 2 heterocycles. The van der Waals surface area contributed by atoms with E-state index in [2.05, 4.69) is 32.9 Å². The van der Waals surface area contributed by atoms with Crippen LogP contribution in [0.3, 0.4) is 0 Å². The Kier molecular flexibility index (Phi) is 5.48. The fraction of sp³-hybridized carbons (Fsp3) is 0.571. The van der Waals surface area contributed by atoms with Crippen molar-refractivity contribution in [2.45, 2.75) is 51.6 Å². The minimum absolute atomic E-state index is 0.393. The SMILES string of the molecule is COCc1cc(CN2CCCn3nc([C@H](O)C4CC4)cc3C2)ccc1OC. The number of nitrogens with zero attached hydrogens (tertiary/aromatic N) is 3. The molecule has 1 N–H and O–H groups in total. The number of methoxy groups -OCH3 is 2. The first kappa shape index (κ1) is 18.5. The zero-order chi connectivity index (χ0) is 18.8. The smallest absolute Gasteiger partial charge is 0.124 e. The van der Waals surface area contributed by atoms with Crippen LogP contribution in [0.5, 0.6) is 5.75 Å². The van der Waals surface area contributed by atoms with Gasteiger partial charge in [0, 0.05) is 38.9 Å². The molecule has 1 saturated carbocycles. The molecule has 0 bridgehead atoms. The van der Waals surface area contributed by atoms with E-state index in [1.54, 1.807) is 14.2 Å². The lowest BCUT2D eigenvalue weighted by Gasteiger charge is -2.20. The van der Waals surface area contributed by atoms with Gasteiger partial charge in [-0.2, -0.15) is 5.10 Å². The van der Waals surface area contributed by atoms with Gasteiger partial charge in [0.2, 0.25) is 0 Å². The predicted octanol–water partition coefficient (Wildman–Crippen LogP) is 2.89. The van der Waals surface area contributed by atoms with E-state index in [9.17, 15) is 5.11 Å². The summed E-state index contributed by atoms with van der Waals surface area (Å²) < 4.78 is 12.8. The standard InChI is InChI=1S/C21H29N3O3/c1-26-14-17-10-15(4-7-20(17)27-2)12-23-8-3-9-24-18(13-23)11-19(22-24)21(25)16-5-6-16/h4,7,10-11,16,21,25H,3,5-6,8-9,12-14H2,1-2H3/t21-/m1/s1. The van der Waals surface area contributed by atoms with E-state index in [0.717, 1.165) is 62.4 Å². The maximum absolute atomic E-state index is 10.4. The lowest BCUT2D eigenvalue weighted by Crippen LogP contribution is -2.22. The van der Waals surface area contributed by atoms with Crippen molar-refractivity contribution < 1.29 is 14.6 Å². The number of ether oxygens (including phenoxy) is 2. The Morgan fingerprint density at radius 2 is 2.07 bits per heavy atom. The van der Waals surface area contributed by atoms with Gasteiger partial charge in [0.15, 0.2) is 0 Å². The molecule has 1 atom stereocenters. The highest BCUT2D eigenvalue weighted by atomic mass is 16.5. The van der Waals surface area contributed by atoms with Crippen LogP contribution in [-0.4, -0.2) is 40.6 Å².